The second-order valence-electron chi connectivity index (χ2n) is 8.42. The highest BCUT2D eigenvalue weighted by Gasteiger charge is 2.27. The minimum absolute atomic E-state index is 0. The minimum Gasteiger partial charge on any atom is -0.357 e. The Morgan fingerprint density at radius 3 is 2.56 bits per heavy atom. The zero-order valence-electron chi connectivity index (χ0n) is 18.7. The molecule has 0 atom stereocenters. The Balaban J connectivity index is 0.00000289. The fourth-order valence-corrected chi connectivity index (χ4v) is 4.65. The largest absolute Gasteiger partial charge is 0.357 e. The first-order valence-corrected chi connectivity index (χ1v) is 12.0. The first-order chi connectivity index (χ1) is 15.2. The number of nitrogens with zero attached hydrogens (tertiary/aromatic N) is 4. The van der Waals surface area contributed by atoms with Gasteiger partial charge in [0.2, 0.25) is 11.7 Å². The van der Waals surface area contributed by atoms with Gasteiger partial charge in [0.15, 0.2) is 5.96 Å². The van der Waals surface area contributed by atoms with Gasteiger partial charge in [0.25, 0.3) is 0 Å². The Morgan fingerprint density at radius 2 is 1.88 bits per heavy atom. The molecule has 1 aliphatic carbocycles. The van der Waals surface area contributed by atoms with E-state index in [0.717, 1.165) is 24.1 Å². The van der Waals surface area contributed by atoms with Gasteiger partial charge in [0, 0.05) is 48.7 Å². The fourth-order valence-electron chi connectivity index (χ4n) is 4.53. The summed E-state index contributed by atoms with van der Waals surface area (Å²) in [6, 6.07) is 8.74. The number of aromatic nitrogens is 2. The highest BCUT2D eigenvalue weighted by Crippen LogP contribution is 2.26. The molecule has 2 heterocycles. The van der Waals surface area contributed by atoms with E-state index in [2.05, 4.69) is 32.6 Å². The summed E-state index contributed by atoms with van der Waals surface area (Å²) in [6.07, 6.45) is 8.54. The van der Waals surface area contributed by atoms with Gasteiger partial charge in [0.1, 0.15) is 0 Å². The van der Waals surface area contributed by atoms with E-state index in [0.29, 0.717) is 35.7 Å². The lowest BCUT2D eigenvalue weighted by atomic mass is 10.0. The van der Waals surface area contributed by atoms with E-state index in [-0.39, 0.29) is 24.0 Å². The van der Waals surface area contributed by atoms with E-state index >= 15 is 0 Å². The van der Waals surface area contributed by atoms with Crippen molar-refractivity contribution in [2.45, 2.75) is 64.0 Å². The van der Waals surface area contributed by atoms with Crippen molar-refractivity contribution >= 4 is 41.5 Å². The monoisotopic (exact) mass is 572 g/mol. The lowest BCUT2D eigenvalue weighted by Crippen LogP contribution is -2.50. The van der Waals surface area contributed by atoms with E-state index in [9.17, 15) is 0 Å². The summed E-state index contributed by atoms with van der Waals surface area (Å²) in [5, 5.41) is 11.7. The summed E-state index contributed by atoms with van der Waals surface area (Å²) in [4.78, 5) is 11.9. The Bertz CT molecular complexity index is 844. The van der Waals surface area contributed by atoms with Crippen molar-refractivity contribution in [2.75, 3.05) is 26.2 Å². The predicted molar refractivity (Wildman–Crippen MR) is 140 cm³/mol. The van der Waals surface area contributed by atoms with Crippen LogP contribution in [0.2, 0.25) is 5.02 Å². The topological polar surface area (TPSA) is 78.6 Å². The summed E-state index contributed by atoms with van der Waals surface area (Å²) < 4.78 is 5.39. The maximum absolute atomic E-state index is 5.94. The number of rotatable bonds is 7. The molecule has 9 heteroatoms. The molecule has 1 saturated carbocycles. The third-order valence-electron chi connectivity index (χ3n) is 6.22. The average molecular weight is 573 g/mol. The van der Waals surface area contributed by atoms with Crippen LogP contribution in [0, 0.1) is 0 Å². The first-order valence-electron chi connectivity index (χ1n) is 11.6. The standard InChI is InChI=1S/C23H33ClN6O.HI/c1-2-25-23(27-19-12-15-30(16-13-19)20-5-3-4-6-20)26-14-11-21-28-22(29-31-21)17-7-9-18(24)10-8-17;/h7-10,19-20H,2-6,11-16H2,1H3,(H2,25,26,27);1H. The molecule has 4 rings (SSSR count). The number of guanidine groups is 1. The number of nitrogens with one attached hydrogen (secondary N) is 2. The van der Waals surface area contributed by atoms with Crippen molar-refractivity contribution in [3.05, 3.63) is 35.2 Å². The molecule has 2 aromatic rings. The SMILES string of the molecule is CCNC(=NCCc1nc(-c2ccc(Cl)cc2)no1)NC1CCN(C2CCCC2)CC1.I. The van der Waals surface area contributed by atoms with Gasteiger partial charge in [0.05, 0.1) is 6.54 Å². The molecule has 176 valence electrons. The van der Waals surface area contributed by atoms with E-state index in [4.69, 9.17) is 21.1 Å². The summed E-state index contributed by atoms with van der Waals surface area (Å²) >= 11 is 5.94. The van der Waals surface area contributed by atoms with Crippen LogP contribution in [-0.4, -0.2) is 59.3 Å². The third kappa shape index (κ3) is 7.05. The average Bonchev–Trinajstić information content (AvgIpc) is 3.48. The Labute approximate surface area is 212 Å². The maximum Gasteiger partial charge on any atom is 0.228 e. The minimum atomic E-state index is 0. The van der Waals surface area contributed by atoms with Gasteiger partial charge < -0.3 is 20.1 Å². The second kappa shape index (κ2) is 12.7. The highest BCUT2D eigenvalue weighted by atomic mass is 127. The zero-order valence-corrected chi connectivity index (χ0v) is 21.8. The van der Waals surface area contributed by atoms with Gasteiger partial charge in [-0.25, -0.2) is 0 Å². The fraction of sp³-hybridized carbons (Fsp3) is 0.609. The van der Waals surface area contributed by atoms with Crippen molar-refractivity contribution in [2.24, 2.45) is 4.99 Å². The van der Waals surface area contributed by atoms with Crippen LogP contribution in [0.1, 0.15) is 51.3 Å². The van der Waals surface area contributed by atoms with Crippen LogP contribution in [0.4, 0.5) is 0 Å². The zero-order chi connectivity index (χ0) is 21.5. The quantitative estimate of drug-likeness (QED) is 0.289. The number of likely N-dealkylation sites (tertiary alicyclic amines) is 1. The molecule has 0 radical (unpaired) electrons. The van der Waals surface area contributed by atoms with Crippen LogP contribution >= 0.6 is 35.6 Å². The molecule has 1 aliphatic heterocycles. The molecule has 0 spiro atoms. The van der Waals surface area contributed by atoms with Gasteiger partial charge >= 0.3 is 0 Å². The van der Waals surface area contributed by atoms with Crippen LogP contribution in [0.3, 0.4) is 0 Å². The number of aliphatic imine (C=N–C) groups is 1. The third-order valence-corrected chi connectivity index (χ3v) is 6.47. The van der Waals surface area contributed by atoms with Crippen LogP contribution in [-0.2, 0) is 6.42 Å². The van der Waals surface area contributed by atoms with Crippen molar-refractivity contribution in [3.8, 4) is 11.4 Å². The number of benzene rings is 1. The molecule has 32 heavy (non-hydrogen) atoms. The molecule has 0 unspecified atom stereocenters. The predicted octanol–water partition coefficient (Wildman–Crippen LogP) is 4.51. The number of piperidine rings is 1. The van der Waals surface area contributed by atoms with Gasteiger partial charge in [-0.3, -0.25) is 4.99 Å². The Kier molecular flexibility index (Phi) is 10.1. The van der Waals surface area contributed by atoms with Crippen molar-refractivity contribution in [3.63, 3.8) is 0 Å². The summed E-state index contributed by atoms with van der Waals surface area (Å²) in [7, 11) is 0. The molecule has 2 aliphatic rings. The van der Waals surface area contributed by atoms with Crippen molar-refractivity contribution in [1.29, 1.82) is 0 Å². The van der Waals surface area contributed by atoms with Crippen LogP contribution in [0.25, 0.3) is 11.4 Å². The van der Waals surface area contributed by atoms with E-state index < -0.39 is 0 Å². The Morgan fingerprint density at radius 1 is 1.16 bits per heavy atom. The van der Waals surface area contributed by atoms with Crippen molar-refractivity contribution < 1.29 is 4.52 Å². The molecule has 7 nitrogen and oxygen atoms in total. The van der Waals surface area contributed by atoms with Crippen LogP contribution < -0.4 is 10.6 Å². The Hall–Kier alpha value is -1.39. The molecule has 2 N–H and O–H groups in total. The molecule has 2 fully saturated rings. The molecule has 0 amide bonds. The molecule has 0 bridgehead atoms. The smallest absolute Gasteiger partial charge is 0.228 e. The van der Waals surface area contributed by atoms with Gasteiger partial charge in [-0.15, -0.1) is 24.0 Å². The molecule has 1 saturated heterocycles. The number of hydrogen-bond donors (Lipinski definition) is 2. The summed E-state index contributed by atoms with van der Waals surface area (Å²) in [5.41, 5.74) is 0.891. The van der Waals surface area contributed by atoms with Gasteiger partial charge in [-0.1, -0.05) is 29.6 Å². The van der Waals surface area contributed by atoms with E-state index in [1.54, 1.807) is 0 Å². The summed E-state index contributed by atoms with van der Waals surface area (Å²) in [5.74, 6) is 2.04. The van der Waals surface area contributed by atoms with Crippen LogP contribution in [0.15, 0.2) is 33.8 Å². The lowest BCUT2D eigenvalue weighted by molar-refractivity contribution is 0.150. The first kappa shape index (κ1) is 25.2. The molecular formula is C23H34ClIN6O. The van der Waals surface area contributed by atoms with Gasteiger partial charge in [-0.05, 0) is 56.9 Å². The molecule has 1 aromatic carbocycles. The second-order valence-corrected chi connectivity index (χ2v) is 8.86. The highest BCUT2D eigenvalue weighted by molar-refractivity contribution is 14.0. The number of hydrogen-bond acceptors (Lipinski definition) is 5. The number of halogens is 2. The van der Waals surface area contributed by atoms with E-state index in [1.165, 1.54) is 51.6 Å². The van der Waals surface area contributed by atoms with Gasteiger partial charge in [-0.2, -0.15) is 4.98 Å². The molecule has 1 aromatic heterocycles. The van der Waals surface area contributed by atoms with Crippen LogP contribution in [0.5, 0.6) is 0 Å². The normalized spacial score (nSPS) is 18.5. The maximum atomic E-state index is 5.94. The van der Waals surface area contributed by atoms with E-state index in [1.807, 2.05) is 24.3 Å². The molecular weight excluding hydrogens is 539 g/mol. The lowest BCUT2D eigenvalue weighted by Gasteiger charge is -2.36. The summed E-state index contributed by atoms with van der Waals surface area (Å²) in [6.45, 7) is 5.91. The van der Waals surface area contributed by atoms with Crippen molar-refractivity contribution in [1.82, 2.24) is 25.7 Å².